The Kier molecular flexibility index (Phi) is 2.92. The van der Waals surface area contributed by atoms with Crippen molar-refractivity contribution in [2.24, 2.45) is 5.92 Å². The molecule has 0 bridgehead atoms. The molecule has 3 N–H and O–H groups in total. The summed E-state index contributed by atoms with van der Waals surface area (Å²) >= 11 is 0. The molecular formula is C12H15N5O3. The van der Waals surface area contributed by atoms with Crippen LogP contribution in [0.1, 0.15) is 12.8 Å². The van der Waals surface area contributed by atoms with Crippen molar-refractivity contribution >= 4 is 23.2 Å². The van der Waals surface area contributed by atoms with Crippen molar-refractivity contribution < 1.29 is 9.72 Å². The van der Waals surface area contributed by atoms with E-state index in [-0.39, 0.29) is 35.2 Å². The largest absolute Gasteiger partial charge is 0.384 e. The first-order valence-electron chi connectivity index (χ1n) is 6.53. The van der Waals surface area contributed by atoms with Gasteiger partial charge in [-0.15, -0.1) is 0 Å². The molecule has 1 amide bonds. The summed E-state index contributed by atoms with van der Waals surface area (Å²) in [5.74, 6) is 0.407. The zero-order valence-electron chi connectivity index (χ0n) is 10.8. The molecule has 2 fully saturated rings. The third kappa shape index (κ3) is 1.93. The molecule has 2 aliphatic heterocycles. The van der Waals surface area contributed by atoms with Gasteiger partial charge in [0.25, 0.3) is 0 Å². The summed E-state index contributed by atoms with van der Waals surface area (Å²) in [6.45, 7) is 1.14. The average Bonchev–Trinajstić information content (AvgIpc) is 2.80. The van der Waals surface area contributed by atoms with Crippen LogP contribution in [0.25, 0.3) is 0 Å². The number of nitrogens with two attached hydrogens (primary N) is 1. The van der Waals surface area contributed by atoms with Crippen LogP contribution in [0.5, 0.6) is 0 Å². The number of amides is 1. The zero-order chi connectivity index (χ0) is 14.3. The molecule has 2 saturated heterocycles. The molecular weight excluding hydrogens is 262 g/mol. The van der Waals surface area contributed by atoms with Gasteiger partial charge in [0.1, 0.15) is 5.82 Å². The highest BCUT2D eigenvalue weighted by Crippen LogP contribution is 2.35. The van der Waals surface area contributed by atoms with E-state index in [0.717, 1.165) is 12.8 Å². The van der Waals surface area contributed by atoms with Crippen molar-refractivity contribution in [3.8, 4) is 0 Å². The van der Waals surface area contributed by atoms with Crippen LogP contribution in [0.15, 0.2) is 12.1 Å². The second kappa shape index (κ2) is 4.62. The van der Waals surface area contributed by atoms with E-state index in [1.807, 2.05) is 4.90 Å². The standard InChI is InChI=1S/C12H15N5O3/c13-10-4-3-8(17(19)20)11(15-10)16-5-1-2-7-9(16)6-14-12(7)18/h3-4,7,9H,1-2,5-6H2,(H2,13,15)(H,14,18). The minimum atomic E-state index is -0.463. The van der Waals surface area contributed by atoms with Crippen LogP contribution in [0.3, 0.4) is 0 Å². The Labute approximate surface area is 115 Å². The lowest BCUT2D eigenvalue weighted by Gasteiger charge is -2.36. The van der Waals surface area contributed by atoms with Crippen molar-refractivity contribution in [2.45, 2.75) is 18.9 Å². The summed E-state index contributed by atoms with van der Waals surface area (Å²) in [6, 6.07) is 2.70. The maximum absolute atomic E-state index is 11.8. The summed E-state index contributed by atoms with van der Waals surface area (Å²) in [5, 5.41) is 14.0. The molecule has 8 nitrogen and oxygen atoms in total. The summed E-state index contributed by atoms with van der Waals surface area (Å²) < 4.78 is 0. The Morgan fingerprint density at radius 1 is 1.50 bits per heavy atom. The Morgan fingerprint density at radius 2 is 2.30 bits per heavy atom. The Morgan fingerprint density at radius 3 is 3.05 bits per heavy atom. The SMILES string of the molecule is Nc1ccc([N+](=O)[O-])c(N2CCCC3C(=O)NCC32)n1. The molecule has 0 aliphatic carbocycles. The molecule has 20 heavy (non-hydrogen) atoms. The van der Waals surface area contributed by atoms with Crippen LogP contribution >= 0.6 is 0 Å². The van der Waals surface area contributed by atoms with Gasteiger partial charge >= 0.3 is 5.69 Å². The van der Waals surface area contributed by atoms with E-state index < -0.39 is 4.92 Å². The van der Waals surface area contributed by atoms with Gasteiger partial charge in [0.05, 0.1) is 16.9 Å². The first-order chi connectivity index (χ1) is 9.58. The number of nitrogens with zero attached hydrogens (tertiary/aromatic N) is 3. The van der Waals surface area contributed by atoms with E-state index in [0.29, 0.717) is 13.1 Å². The number of anilines is 2. The molecule has 1 aromatic heterocycles. The predicted molar refractivity (Wildman–Crippen MR) is 72.2 cm³/mol. The van der Waals surface area contributed by atoms with Gasteiger partial charge < -0.3 is 16.0 Å². The van der Waals surface area contributed by atoms with Crippen LogP contribution in [0, 0.1) is 16.0 Å². The van der Waals surface area contributed by atoms with E-state index >= 15 is 0 Å². The second-order valence-electron chi connectivity index (χ2n) is 5.09. The van der Waals surface area contributed by atoms with Gasteiger partial charge in [0, 0.05) is 19.2 Å². The number of fused-ring (bicyclic) bond motifs is 1. The first-order valence-corrected chi connectivity index (χ1v) is 6.53. The topological polar surface area (TPSA) is 114 Å². The summed E-state index contributed by atoms with van der Waals surface area (Å²) in [5.41, 5.74) is 5.59. The molecule has 3 rings (SSSR count). The Bertz CT molecular complexity index is 576. The van der Waals surface area contributed by atoms with Crippen molar-refractivity contribution in [3.63, 3.8) is 0 Å². The van der Waals surface area contributed by atoms with Crippen LogP contribution in [-0.4, -0.2) is 34.9 Å². The van der Waals surface area contributed by atoms with E-state index in [4.69, 9.17) is 5.73 Å². The lowest BCUT2D eigenvalue weighted by atomic mass is 9.91. The van der Waals surface area contributed by atoms with Gasteiger partial charge in [0.15, 0.2) is 0 Å². The lowest BCUT2D eigenvalue weighted by Crippen LogP contribution is -2.46. The van der Waals surface area contributed by atoms with E-state index in [1.165, 1.54) is 12.1 Å². The molecule has 2 atom stereocenters. The number of hydrogen-bond donors (Lipinski definition) is 2. The van der Waals surface area contributed by atoms with Crippen LogP contribution < -0.4 is 16.0 Å². The van der Waals surface area contributed by atoms with Gasteiger partial charge in [-0.3, -0.25) is 14.9 Å². The van der Waals surface area contributed by atoms with Crippen LogP contribution in [0.2, 0.25) is 0 Å². The number of nitrogen functional groups attached to an aromatic ring is 1. The van der Waals surface area contributed by atoms with Gasteiger partial charge in [-0.1, -0.05) is 0 Å². The lowest BCUT2D eigenvalue weighted by molar-refractivity contribution is -0.384. The molecule has 0 spiro atoms. The van der Waals surface area contributed by atoms with Crippen molar-refractivity contribution in [2.75, 3.05) is 23.7 Å². The second-order valence-corrected chi connectivity index (χ2v) is 5.09. The summed E-state index contributed by atoms with van der Waals surface area (Å²) in [7, 11) is 0. The molecule has 2 aliphatic rings. The number of carbonyl (C=O) groups is 1. The fourth-order valence-corrected chi connectivity index (χ4v) is 3.02. The molecule has 3 heterocycles. The summed E-state index contributed by atoms with van der Waals surface area (Å²) in [6.07, 6.45) is 1.62. The highest BCUT2D eigenvalue weighted by molar-refractivity contribution is 5.83. The summed E-state index contributed by atoms with van der Waals surface area (Å²) in [4.78, 5) is 28.4. The minimum Gasteiger partial charge on any atom is -0.384 e. The monoisotopic (exact) mass is 277 g/mol. The number of nitrogens with one attached hydrogen (secondary N) is 1. The molecule has 0 radical (unpaired) electrons. The zero-order valence-corrected chi connectivity index (χ0v) is 10.8. The van der Waals surface area contributed by atoms with E-state index in [9.17, 15) is 14.9 Å². The minimum absolute atomic E-state index is 0.0197. The van der Waals surface area contributed by atoms with Crippen molar-refractivity contribution in [3.05, 3.63) is 22.2 Å². The molecule has 106 valence electrons. The quantitative estimate of drug-likeness (QED) is 0.593. The predicted octanol–water partition coefficient (Wildman–Crippen LogP) is 0.287. The highest BCUT2D eigenvalue weighted by atomic mass is 16.6. The first kappa shape index (κ1) is 12.6. The number of rotatable bonds is 2. The van der Waals surface area contributed by atoms with Crippen LogP contribution in [-0.2, 0) is 4.79 Å². The Balaban J connectivity index is 2.01. The molecule has 8 heteroatoms. The van der Waals surface area contributed by atoms with Crippen molar-refractivity contribution in [1.82, 2.24) is 10.3 Å². The fourth-order valence-electron chi connectivity index (χ4n) is 3.02. The van der Waals surface area contributed by atoms with Crippen LogP contribution in [0.4, 0.5) is 17.3 Å². The number of hydrogen-bond acceptors (Lipinski definition) is 6. The van der Waals surface area contributed by atoms with Gasteiger partial charge in [-0.05, 0) is 18.9 Å². The highest BCUT2D eigenvalue weighted by Gasteiger charge is 2.42. The maximum atomic E-state index is 11.8. The number of carbonyl (C=O) groups excluding carboxylic acids is 1. The molecule has 0 aromatic carbocycles. The average molecular weight is 277 g/mol. The van der Waals surface area contributed by atoms with Gasteiger partial charge in [-0.25, -0.2) is 4.98 Å². The van der Waals surface area contributed by atoms with E-state index in [2.05, 4.69) is 10.3 Å². The smallest absolute Gasteiger partial charge is 0.311 e. The number of nitro groups is 1. The number of piperidine rings is 1. The Hall–Kier alpha value is -2.38. The molecule has 0 saturated carbocycles. The third-order valence-corrected chi connectivity index (χ3v) is 3.95. The van der Waals surface area contributed by atoms with Gasteiger partial charge in [-0.2, -0.15) is 0 Å². The van der Waals surface area contributed by atoms with E-state index in [1.54, 1.807) is 0 Å². The van der Waals surface area contributed by atoms with Gasteiger partial charge in [0.2, 0.25) is 11.7 Å². The third-order valence-electron chi connectivity index (χ3n) is 3.95. The molecule has 1 aromatic rings. The van der Waals surface area contributed by atoms with Crippen molar-refractivity contribution in [1.29, 1.82) is 0 Å². The number of aromatic nitrogens is 1. The fraction of sp³-hybridized carbons (Fsp3) is 0.500. The normalized spacial score (nSPS) is 25.2. The number of pyridine rings is 1. The maximum Gasteiger partial charge on any atom is 0.311 e. The molecule has 2 unspecified atom stereocenters.